The van der Waals surface area contributed by atoms with E-state index in [2.05, 4.69) is 95.6 Å². The molecule has 0 N–H and O–H groups in total. The number of para-hydroxylation sites is 2. The second-order valence-electron chi connectivity index (χ2n) is 7.85. The predicted molar refractivity (Wildman–Crippen MR) is 126 cm³/mol. The summed E-state index contributed by atoms with van der Waals surface area (Å²) in [5.74, 6) is 0. The maximum absolute atomic E-state index is 6.05. The summed E-state index contributed by atoms with van der Waals surface area (Å²) in [6.07, 6.45) is 0. The molecule has 7 aromatic rings. The predicted octanol–water partition coefficient (Wildman–Crippen LogP) is 7.84. The zero-order chi connectivity index (χ0) is 19.7. The van der Waals surface area contributed by atoms with Gasteiger partial charge in [0.05, 0.1) is 11.0 Å². The first kappa shape index (κ1) is 15.8. The van der Waals surface area contributed by atoms with Crippen LogP contribution in [0.25, 0.3) is 60.2 Å². The van der Waals surface area contributed by atoms with Gasteiger partial charge in [-0.05, 0) is 53.2 Å². The van der Waals surface area contributed by atoms with Crippen molar-refractivity contribution < 1.29 is 4.42 Å². The lowest BCUT2D eigenvalue weighted by atomic mass is 10.1. The van der Waals surface area contributed by atoms with Crippen molar-refractivity contribution in [2.45, 2.75) is 0 Å². The van der Waals surface area contributed by atoms with Crippen LogP contribution in [0.3, 0.4) is 0 Å². The van der Waals surface area contributed by atoms with Gasteiger partial charge in [-0.1, -0.05) is 60.7 Å². The zero-order valence-corrected chi connectivity index (χ0v) is 16.2. The Balaban J connectivity index is 1.64. The van der Waals surface area contributed by atoms with Gasteiger partial charge in [0.2, 0.25) is 0 Å². The van der Waals surface area contributed by atoms with Gasteiger partial charge in [-0.25, -0.2) is 0 Å². The highest BCUT2D eigenvalue weighted by molar-refractivity contribution is 6.14. The molecular weight excluding hydrogens is 366 g/mol. The van der Waals surface area contributed by atoms with Gasteiger partial charge in [0.15, 0.2) is 0 Å². The van der Waals surface area contributed by atoms with E-state index in [1.54, 1.807) is 0 Å². The molecule has 2 heteroatoms. The second kappa shape index (κ2) is 5.74. The molecule has 140 valence electrons. The summed E-state index contributed by atoms with van der Waals surface area (Å²) in [5, 5.41) is 7.38. The molecule has 0 unspecified atom stereocenters. The van der Waals surface area contributed by atoms with Gasteiger partial charge in [0, 0.05) is 27.2 Å². The van der Waals surface area contributed by atoms with E-state index in [1.165, 1.54) is 32.6 Å². The van der Waals surface area contributed by atoms with Crippen molar-refractivity contribution in [3.05, 3.63) is 103 Å². The third-order valence-electron chi connectivity index (χ3n) is 6.16. The molecule has 2 aromatic heterocycles. The van der Waals surface area contributed by atoms with E-state index in [4.69, 9.17) is 4.42 Å². The molecule has 0 aliphatic heterocycles. The standard InChI is InChI=1S/C28H17NO/c1-2-8-19-16-26-23(15-18(19)7-1)21-9-3-5-11-25(21)29(26)20-13-14-28-24(17-20)22-10-4-6-12-27(22)30-28/h1-17H. The van der Waals surface area contributed by atoms with Gasteiger partial charge in [0.1, 0.15) is 11.2 Å². The number of furan rings is 1. The summed E-state index contributed by atoms with van der Waals surface area (Å²) in [6, 6.07) is 36.6. The summed E-state index contributed by atoms with van der Waals surface area (Å²) >= 11 is 0. The van der Waals surface area contributed by atoms with Crippen LogP contribution in [0.5, 0.6) is 0 Å². The zero-order valence-electron chi connectivity index (χ0n) is 16.2. The summed E-state index contributed by atoms with van der Waals surface area (Å²) in [5.41, 5.74) is 5.44. The van der Waals surface area contributed by atoms with Crippen LogP contribution >= 0.6 is 0 Å². The van der Waals surface area contributed by atoms with Gasteiger partial charge < -0.3 is 8.98 Å². The number of benzene rings is 5. The van der Waals surface area contributed by atoms with Crippen LogP contribution in [0, 0.1) is 0 Å². The SMILES string of the molecule is c1ccc2cc3c(cc2c1)c1ccccc1n3-c1ccc2oc3ccccc3c2c1. The van der Waals surface area contributed by atoms with Crippen molar-refractivity contribution in [2.24, 2.45) is 0 Å². The van der Waals surface area contributed by atoms with Crippen molar-refractivity contribution in [2.75, 3.05) is 0 Å². The molecule has 0 fully saturated rings. The average Bonchev–Trinajstić information content (AvgIpc) is 3.32. The van der Waals surface area contributed by atoms with Crippen LogP contribution < -0.4 is 0 Å². The van der Waals surface area contributed by atoms with Gasteiger partial charge in [-0.3, -0.25) is 0 Å². The Kier molecular flexibility index (Phi) is 3.03. The molecule has 5 aromatic carbocycles. The Bertz CT molecular complexity index is 1750. The first-order valence-electron chi connectivity index (χ1n) is 10.2. The summed E-state index contributed by atoms with van der Waals surface area (Å²) in [7, 11) is 0. The molecule has 2 nitrogen and oxygen atoms in total. The van der Waals surface area contributed by atoms with E-state index in [-0.39, 0.29) is 0 Å². The molecule has 0 amide bonds. The molecule has 0 saturated heterocycles. The first-order chi connectivity index (χ1) is 14.9. The Morgan fingerprint density at radius 1 is 0.467 bits per heavy atom. The van der Waals surface area contributed by atoms with Crippen molar-refractivity contribution in [3.8, 4) is 5.69 Å². The van der Waals surface area contributed by atoms with E-state index < -0.39 is 0 Å². The van der Waals surface area contributed by atoms with Gasteiger partial charge in [-0.2, -0.15) is 0 Å². The van der Waals surface area contributed by atoms with Gasteiger partial charge in [-0.15, -0.1) is 0 Å². The van der Waals surface area contributed by atoms with Crippen LogP contribution in [0.1, 0.15) is 0 Å². The number of hydrogen-bond donors (Lipinski definition) is 0. The van der Waals surface area contributed by atoms with Crippen molar-refractivity contribution >= 4 is 54.5 Å². The largest absolute Gasteiger partial charge is 0.456 e. The summed E-state index contributed by atoms with van der Waals surface area (Å²) < 4.78 is 8.42. The smallest absolute Gasteiger partial charge is 0.135 e. The Morgan fingerprint density at radius 3 is 2.07 bits per heavy atom. The van der Waals surface area contributed by atoms with E-state index in [1.807, 2.05) is 12.1 Å². The Morgan fingerprint density at radius 2 is 1.17 bits per heavy atom. The molecule has 0 bridgehead atoms. The van der Waals surface area contributed by atoms with Crippen molar-refractivity contribution in [1.82, 2.24) is 4.57 Å². The Hall–Kier alpha value is -4.04. The van der Waals surface area contributed by atoms with Crippen LogP contribution in [-0.2, 0) is 0 Å². The molecule has 0 radical (unpaired) electrons. The molecule has 0 aliphatic rings. The molecule has 0 atom stereocenters. The minimum absolute atomic E-state index is 0.922. The lowest BCUT2D eigenvalue weighted by Crippen LogP contribution is -1.93. The van der Waals surface area contributed by atoms with Crippen LogP contribution in [0.4, 0.5) is 0 Å². The second-order valence-corrected chi connectivity index (χ2v) is 7.85. The summed E-state index contributed by atoms with van der Waals surface area (Å²) in [6.45, 7) is 0. The van der Waals surface area contributed by atoms with Crippen LogP contribution in [0.2, 0.25) is 0 Å². The number of aromatic nitrogens is 1. The van der Waals surface area contributed by atoms with E-state index in [0.29, 0.717) is 0 Å². The Labute approximate surface area is 172 Å². The fourth-order valence-corrected chi connectivity index (χ4v) is 4.79. The third-order valence-corrected chi connectivity index (χ3v) is 6.16. The fourth-order valence-electron chi connectivity index (χ4n) is 4.79. The normalized spacial score (nSPS) is 12.0. The van der Waals surface area contributed by atoms with Crippen LogP contribution in [0.15, 0.2) is 108 Å². The highest BCUT2D eigenvalue weighted by Crippen LogP contribution is 2.36. The number of nitrogens with zero attached hydrogens (tertiary/aromatic N) is 1. The van der Waals surface area contributed by atoms with Crippen molar-refractivity contribution in [1.29, 1.82) is 0 Å². The number of rotatable bonds is 1. The molecule has 0 spiro atoms. The molecule has 30 heavy (non-hydrogen) atoms. The molecule has 0 aliphatic carbocycles. The van der Waals surface area contributed by atoms with Crippen molar-refractivity contribution in [3.63, 3.8) is 0 Å². The van der Waals surface area contributed by atoms with Gasteiger partial charge >= 0.3 is 0 Å². The summed E-state index contributed by atoms with van der Waals surface area (Å²) in [4.78, 5) is 0. The number of hydrogen-bond acceptors (Lipinski definition) is 1. The molecule has 0 saturated carbocycles. The van der Waals surface area contributed by atoms with E-state index in [9.17, 15) is 0 Å². The highest BCUT2D eigenvalue weighted by atomic mass is 16.3. The monoisotopic (exact) mass is 383 g/mol. The lowest BCUT2D eigenvalue weighted by molar-refractivity contribution is 0.669. The molecule has 7 rings (SSSR count). The van der Waals surface area contributed by atoms with E-state index in [0.717, 1.165) is 27.6 Å². The maximum atomic E-state index is 6.05. The molecular formula is C28H17NO. The highest BCUT2D eigenvalue weighted by Gasteiger charge is 2.14. The average molecular weight is 383 g/mol. The molecule has 2 heterocycles. The van der Waals surface area contributed by atoms with E-state index >= 15 is 0 Å². The number of fused-ring (bicyclic) bond motifs is 7. The maximum Gasteiger partial charge on any atom is 0.135 e. The minimum atomic E-state index is 0.922. The minimum Gasteiger partial charge on any atom is -0.456 e. The fraction of sp³-hybridized carbons (Fsp3) is 0. The first-order valence-corrected chi connectivity index (χ1v) is 10.2. The topological polar surface area (TPSA) is 18.1 Å². The lowest BCUT2D eigenvalue weighted by Gasteiger charge is -2.08. The van der Waals surface area contributed by atoms with Gasteiger partial charge in [0.25, 0.3) is 0 Å². The quantitative estimate of drug-likeness (QED) is 0.282. The van der Waals surface area contributed by atoms with Crippen LogP contribution in [-0.4, -0.2) is 4.57 Å². The third kappa shape index (κ3) is 2.08.